The summed E-state index contributed by atoms with van der Waals surface area (Å²) in [6.45, 7) is 8.57. The lowest BCUT2D eigenvalue weighted by Crippen LogP contribution is -2.51. The molecule has 0 bridgehead atoms. The van der Waals surface area contributed by atoms with Crippen LogP contribution in [0.25, 0.3) is 0 Å². The van der Waals surface area contributed by atoms with Gasteiger partial charge in [0.2, 0.25) is 11.8 Å². The summed E-state index contributed by atoms with van der Waals surface area (Å²) in [7, 11) is 0. The Morgan fingerprint density at radius 2 is 1.46 bits per heavy atom. The van der Waals surface area contributed by atoms with Gasteiger partial charge in [-0.15, -0.1) is 0 Å². The number of hydrogen-bond donors (Lipinski definition) is 0. The molecular formula is C19H27FN2O2. The molecule has 1 aromatic rings. The first-order valence-corrected chi connectivity index (χ1v) is 8.54. The number of benzene rings is 1. The van der Waals surface area contributed by atoms with Gasteiger partial charge in [0, 0.05) is 39.0 Å². The fourth-order valence-electron chi connectivity index (χ4n) is 2.83. The van der Waals surface area contributed by atoms with E-state index in [-0.39, 0.29) is 23.0 Å². The largest absolute Gasteiger partial charge is 0.339 e. The van der Waals surface area contributed by atoms with E-state index in [0.717, 1.165) is 5.56 Å². The standard InChI is InChI=1S/C19H27FN2O2/c1-19(2,3)14-18(24)22-12-10-21(11-13-22)17(23)9-6-15-4-7-16(20)8-5-15/h4-5,7-8H,6,9-14H2,1-3H3. The number of hydrogen-bond acceptors (Lipinski definition) is 2. The van der Waals surface area contributed by atoms with Gasteiger partial charge < -0.3 is 9.80 Å². The number of nitrogens with zero attached hydrogens (tertiary/aromatic N) is 2. The Morgan fingerprint density at radius 3 is 1.96 bits per heavy atom. The summed E-state index contributed by atoms with van der Waals surface area (Å²) in [6.07, 6.45) is 1.56. The molecule has 1 aliphatic heterocycles. The van der Waals surface area contributed by atoms with Crippen LogP contribution in [0.3, 0.4) is 0 Å². The monoisotopic (exact) mass is 334 g/mol. The van der Waals surface area contributed by atoms with E-state index in [1.165, 1.54) is 12.1 Å². The van der Waals surface area contributed by atoms with Crippen molar-refractivity contribution in [1.82, 2.24) is 9.80 Å². The van der Waals surface area contributed by atoms with Crippen LogP contribution in [0.15, 0.2) is 24.3 Å². The first-order valence-electron chi connectivity index (χ1n) is 8.54. The molecule has 0 radical (unpaired) electrons. The molecule has 1 heterocycles. The van der Waals surface area contributed by atoms with E-state index >= 15 is 0 Å². The number of piperazine rings is 1. The van der Waals surface area contributed by atoms with Crippen molar-refractivity contribution in [3.63, 3.8) is 0 Å². The third-order valence-corrected chi connectivity index (χ3v) is 4.21. The van der Waals surface area contributed by atoms with E-state index in [1.54, 1.807) is 12.1 Å². The van der Waals surface area contributed by atoms with Crippen LogP contribution in [-0.4, -0.2) is 47.8 Å². The van der Waals surface area contributed by atoms with Gasteiger partial charge >= 0.3 is 0 Å². The number of rotatable bonds is 4. The van der Waals surface area contributed by atoms with Gasteiger partial charge in [-0.25, -0.2) is 4.39 Å². The van der Waals surface area contributed by atoms with Gasteiger partial charge in [0.25, 0.3) is 0 Å². The van der Waals surface area contributed by atoms with Gasteiger partial charge in [-0.3, -0.25) is 9.59 Å². The maximum atomic E-state index is 12.9. The number of amides is 2. The third kappa shape index (κ3) is 5.62. The lowest BCUT2D eigenvalue weighted by molar-refractivity contribution is -0.140. The van der Waals surface area contributed by atoms with Crippen LogP contribution in [0.4, 0.5) is 4.39 Å². The van der Waals surface area contributed by atoms with Crippen molar-refractivity contribution in [2.24, 2.45) is 5.41 Å². The van der Waals surface area contributed by atoms with Gasteiger partial charge in [-0.1, -0.05) is 32.9 Å². The highest BCUT2D eigenvalue weighted by molar-refractivity contribution is 5.79. The average molecular weight is 334 g/mol. The van der Waals surface area contributed by atoms with E-state index in [9.17, 15) is 14.0 Å². The normalized spacial score (nSPS) is 15.5. The maximum absolute atomic E-state index is 12.9. The molecule has 0 spiro atoms. The van der Waals surface area contributed by atoms with Crippen LogP contribution >= 0.6 is 0 Å². The molecule has 2 rings (SSSR count). The lowest BCUT2D eigenvalue weighted by Gasteiger charge is -2.36. The van der Waals surface area contributed by atoms with Crippen molar-refractivity contribution in [2.75, 3.05) is 26.2 Å². The summed E-state index contributed by atoms with van der Waals surface area (Å²) in [5.41, 5.74) is 0.947. The highest BCUT2D eigenvalue weighted by Gasteiger charge is 2.26. The highest BCUT2D eigenvalue weighted by atomic mass is 19.1. The van der Waals surface area contributed by atoms with Crippen molar-refractivity contribution in [1.29, 1.82) is 0 Å². The molecule has 1 aliphatic rings. The third-order valence-electron chi connectivity index (χ3n) is 4.21. The second-order valence-electron chi connectivity index (χ2n) is 7.63. The molecule has 0 saturated carbocycles. The van der Waals surface area contributed by atoms with E-state index in [0.29, 0.717) is 45.4 Å². The van der Waals surface area contributed by atoms with Gasteiger partial charge in [-0.2, -0.15) is 0 Å². The maximum Gasteiger partial charge on any atom is 0.223 e. The van der Waals surface area contributed by atoms with Crippen LogP contribution in [0.1, 0.15) is 39.2 Å². The van der Waals surface area contributed by atoms with Crippen molar-refractivity contribution < 1.29 is 14.0 Å². The number of carbonyl (C=O) groups excluding carboxylic acids is 2. The Morgan fingerprint density at radius 1 is 0.958 bits per heavy atom. The van der Waals surface area contributed by atoms with E-state index in [4.69, 9.17) is 0 Å². The smallest absolute Gasteiger partial charge is 0.223 e. The number of aryl methyl sites for hydroxylation is 1. The van der Waals surface area contributed by atoms with Crippen molar-refractivity contribution in [2.45, 2.75) is 40.0 Å². The van der Waals surface area contributed by atoms with Gasteiger partial charge in [0.1, 0.15) is 5.82 Å². The second-order valence-corrected chi connectivity index (χ2v) is 7.63. The predicted octanol–water partition coefficient (Wildman–Crippen LogP) is 2.87. The fourth-order valence-corrected chi connectivity index (χ4v) is 2.83. The quantitative estimate of drug-likeness (QED) is 0.849. The van der Waals surface area contributed by atoms with Crippen LogP contribution < -0.4 is 0 Å². The molecule has 0 aliphatic carbocycles. The lowest BCUT2D eigenvalue weighted by atomic mass is 9.91. The van der Waals surface area contributed by atoms with Crippen molar-refractivity contribution in [3.8, 4) is 0 Å². The topological polar surface area (TPSA) is 40.6 Å². The zero-order valence-electron chi connectivity index (χ0n) is 14.8. The Kier molecular flexibility index (Phi) is 5.97. The molecule has 1 saturated heterocycles. The van der Waals surface area contributed by atoms with Gasteiger partial charge in [0.15, 0.2) is 0 Å². The van der Waals surface area contributed by atoms with Crippen LogP contribution in [0.2, 0.25) is 0 Å². The zero-order valence-corrected chi connectivity index (χ0v) is 14.8. The number of carbonyl (C=O) groups is 2. The summed E-state index contributed by atoms with van der Waals surface area (Å²) in [6, 6.07) is 6.26. The Hall–Kier alpha value is -1.91. The summed E-state index contributed by atoms with van der Waals surface area (Å²) in [4.78, 5) is 28.2. The molecule has 2 amide bonds. The minimum Gasteiger partial charge on any atom is -0.339 e. The first-order chi connectivity index (χ1) is 11.2. The molecule has 0 N–H and O–H groups in total. The fraction of sp³-hybridized carbons (Fsp3) is 0.579. The van der Waals surface area contributed by atoms with Crippen molar-refractivity contribution in [3.05, 3.63) is 35.6 Å². The number of halogens is 1. The van der Waals surface area contributed by atoms with E-state index < -0.39 is 0 Å². The van der Waals surface area contributed by atoms with Crippen molar-refractivity contribution >= 4 is 11.8 Å². The molecular weight excluding hydrogens is 307 g/mol. The molecule has 0 aromatic heterocycles. The Labute approximate surface area is 143 Å². The molecule has 24 heavy (non-hydrogen) atoms. The van der Waals surface area contributed by atoms with Crippen LogP contribution in [0, 0.1) is 11.2 Å². The zero-order chi connectivity index (χ0) is 17.7. The van der Waals surface area contributed by atoms with Gasteiger partial charge in [0.05, 0.1) is 0 Å². The molecule has 132 valence electrons. The summed E-state index contributed by atoms with van der Waals surface area (Å²) in [5, 5.41) is 0. The molecule has 0 atom stereocenters. The SMILES string of the molecule is CC(C)(C)CC(=O)N1CCN(C(=O)CCc2ccc(F)cc2)CC1. The summed E-state index contributed by atoms with van der Waals surface area (Å²) >= 11 is 0. The molecule has 1 aromatic carbocycles. The molecule has 0 unspecified atom stereocenters. The van der Waals surface area contributed by atoms with Crippen LogP contribution in [0.5, 0.6) is 0 Å². The predicted molar refractivity (Wildman–Crippen MR) is 92.0 cm³/mol. The first kappa shape index (κ1) is 18.4. The minimum absolute atomic E-state index is 0.0147. The average Bonchev–Trinajstić information content (AvgIpc) is 2.52. The summed E-state index contributed by atoms with van der Waals surface area (Å²) < 4.78 is 12.9. The Bertz CT molecular complexity index is 570. The Balaban J connectivity index is 1.76. The molecule has 1 fully saturated rings. The molecule has 5 heteroatoms. The van der Waals surface area contributed by atoms with Gasteiger partial charge in [-0.05, 0) is 29.5 Å². The van der Waals surface area contributed by atoms with E-state index in [1.807, 2.05) is 9.80 Å². The summed E-state index contributed by atoms with van der Waals surface area (Å²) in [5.74, 6) is 0.00396. The van der Waals surface area contributed by atoms with Crippen LogP contribution in [-0.2, 0) is 16.0 Å². The van der Waals surface area contributed by atoms with E-state index in [2.05, 4.69) is 20.8 Å². The minimum atomic E-state index is -0.263. The highest BCUT2D eigenvalue weighted by Crippen LogP contribution is 2.20. The second kappa shape index (κ2) is 7.77. The molecule has 4 nitrogen and oxygen atoms in total.